The lowest BCUT2D eigenvalue weighted by molar-refractivity contribution is 0.337. The van der Waals surface area contributed by atoms with Crippen LogP contribution in [0, 0.1) is 0 Å². The van der Waals surface area contributed by atoms with Crippen molar-refractivity contribution in [3.8, 4) is 5.75 Å². The standard InChI is InChI=1S/C14H15BrN2OS/c1-2-18-13-5-4-12(16)7-10(13)9-19-14-6-3-11(15)8-17-14/h3-8H,2,9,16H2,1H3. The number of hydrogen-bond donors (Lipinski definition) is 1. The number of nitrogen functional groups attached to an aromatic ring is 1. The van der Waals surface area contributed by atoms with E-state index in [4.69, 9.17) is 10.5 Å². The molecule has 100 valence electrons. The summed E-state index contributed by atoms with van der Waals surface area (Å²) < 4.78 is 6.58. The number of aromatic nitrogens is 1. The first-order valence-corrected chi connectivity index (χ1v) is 7.72. The normalized spacial score (nSPS) is 10.4. The van der Waals surface area contributed by atoms with E-state index in [1.54, 1.807) is 18.0 Å². The number of nitrogens with two attached hydrogens (primary N) is 1. The highest BCUT2D eigenvalue weighted by Gasteiger charge is 2.05. The zero-order valence-corrected chi connectivity index (χ0v) is 13.0. The number of rotatable bonds is 5. The minimum atomic E-state index is 0.651. The van der Waals surface area contributed by atoms with Gasteiger partial charge in [-0.25, -0.2) is 4.98 Å². The molecule has 1 aromatic heterocycles. The van der Waals surface area contributed by atoms with Gasteiger partial charge in [0.2, 0.25) is 0 Å². The second-order valence-electron chi connectivity index (χ2n) is 3.90. The summed E-state index contributed by atoms with van der Waals surface area (Å²) in [6.07, 6.45) is 1.80. The minimum absolute atomic E-state index is 0.651. The Bertz CT molecular complexity index is 546. The van der Waals surface area contributed by atoms with Gasteiger partial charge < -0.3 is 10.5 Å². The molecule has 0 radical (unpaired) electrons. The lowest BCUT2D eigenvalue weighted by Gasteiger charge is -2.10. The van der Waals surface area contributed by atoms with Crippen LogP contribution in [-0.4, -0.2) is 11.6 Å². The fourth-order valence-electron chi connectivity index (χ4n) is 1.61. The fraction of sp³-hybridized carbons (Fsp3) is 0.214. The Hall–Kier alpha value is -1.20. The molecule has 0 saturated heterocycles. The molecule has 0 fully saturated rings. The molecule has 0 spiro atoms. The molecule has 3 nitrogen and oxygen atoms in total. The number of pyridine rings is 1. The summed E-state index contributed by atoms with van der Waals surface area (Å²) in [5, 5.41) is 0.980. The molecular formula is C14H15BrN2OS. The van der Waals surface area contributed by atoms with Gasteiger partial charge in [-0.2, -0.15) is 0 Å². The van der Waals surface area contributed by atoms with Crippen molar-refractivity contribution < 1.29 is 4.74 Å². The highest BCUT2D eigenvalue weighted by Crippen LogP contribution is 2.29. The Morgan fingerprint density at radius 2 is 2.16 bits per heavy atom. The molecular weight excluding hydrogens is 324 g/mol. The van der Waals surface area contributed by atoms with Crippen molar-refractivity contribution in [2.45, 2.75) is 17.7 Å². The molecule has 0 saturated carbocycles. The van der Waals surface area contributed by atoms with E-state index in [-0.39, 0.29) is 0 Å². The molecule has 0 unspecified atom stereocenters. The van der Waals surface area contributed by atoms with Crippen LogP contribution in [-0.2, 0) is 5.75 Å². The van der Waals surface area contributed by atoms with Crippen molar-refractivity contribution in [1.29, 1.82) is 0 Å². The smallest absolute Gasteiger partial charge is 0.123 e. The molecule has 2 aromatic rings. The highest BCUT2D eigenvalue weighted by atomic mass is 79.9. The molecule has 19 heavy (non-hydrogen) atoms. The van der Waals surface area contributed by atoms with Crippen molar-refractivity contribution in [3.63, 3.8) is 0 Å². The van der Waals surface area contributed by atoms with Crippen molar-refractivity contribution in [2.24, 2.45) is 0 Å². The first kappa shape index (κ1) is 14.2. The predicted octanol–water partition coefficient (Wildman–Crippen LogP) is 4.12. The summed E-state index contributed by atoms with van der Waals surface area (Å²) in [6.45, 7) is 2.63. The van der Waals surface area contributed by atoms with E-state index in [0.717, 1.165) is 32.3 Å². The average Bonchev–Trinajstić information content (AvgIpc) is 2.41. The summed E-state index contributed by atoms with van der Waals surface area (Å²) in [7, 11) is 0. The maximum absolute atomic E-state index is 5.83. The first-order valence-electron chi connectivity index (χ1n) is 5.94. The van der Waals surface area contributed by atoms with E-state index in [1.165, 1.54) is 0 Å². The summed E-state index contributed by atoms with van der Waals surface area (Å²) in [6, 6.07) is 9.71. The lowest BCUT2D eigenvalue weighted by atomic mass is 10.2. The van der Waals surface area contributed by atoms with Gasteiger partial charge in [-0.3, -0.25) is 0 Å². The van der Waals surface area contributed by atoms with Gasteiger partial charge in [-0.15, -0.1) is 11.8 Å². The molecule has 0 atom stereocenters. The molecule has 2 N–H and O–H groups in total. The van der Waals surface area contributed by atoms with Gasteiger partial charge in [0.15, 0.2) is 0 Å². The van der Waals surface area contributed by atoms with Gasteiger partial charge in [0.05, 0.1) is 11.6 Å². The molecule has 0 amide bonds. The van der Waals surface area contributed by atoms with Crippen molar-refractivity contribution >= 4 is 33.4 Å². The monoisotopic (exact) mass is 338 g/mol. The van der Waals surface area contributed by atoms with Gasteiger partial charge >= 0.3 is 0 Å². The van der Waals surface area contributed by atoms with Crippen molar-refractivity contribution in [3.05, 3.63) is 46.6 Å². The molecule has 0 aliphatic heterocycles. The van der Waals surface area contributed by atoms with Crippen LogP contribution in [0.5, 0.6) is 5.75 Å². The molecule has 0 aliphatic rings. The van der Waals surface area contributed by atoms with Crippen LogP contribution in [0.15, 0.2) is 46.0 Å². The van der Waals surface area contributed by atoms with Crippen LogP contribution < -0.4 is 10.5 Å². The van der Waals surface area contributed by atoms with E-state index < -0.39 is 0 Å². The second kappa shape index (κ2) is 6.82. The molecule has 1 heterocycles. The number of anilines is 1. The summed E-state index contributed by atoms with van der Waals surface area (Å²) in [5.41, 5.74) is 7.67. The number of hydrogen-bond acceptors (Lipinski definition) is 4. The Morgan fingerprint density at radius 3 is 2.84 bits per heavy atom. The number of nitrogens with zero attached hydrogens (tertiary/aromatic N) is 1. The lowest BCUT2D eigenvalue weighted by Crippen LogP contribution is -1.97. The maximum atomic E-state index is 5.83. The predicted molar refractivity (Wildman–Crippen MR) is 83.5 cm³/mol. The summed E-state index contributed by atoms with van der Waals surface area (Å²) in [4.78, 5) is 4.34. The van der Waals surface area contributed by atoms with Gasteiger partial charge in [0.1, 0.15) is 5.75 Å². The molecule has 1 aromatic carbocycles. The Morgan fingerprint density at radius 1 is 1.32 bits per heavy atom. The number of thioether (sulfide) groups is 1. The van der Waals surface area contributed by atoms with Crippen molar-refractivity contribution in [1.82, 2.24) is 4.98 Å². The van der Waals surface area contributed by atoms with Gasteiger partial charge in [-0.05, 0) is 53.2 Å². The zero-order chi connectivity index (χ0) is 13.7. The summed E-state index contributed by atoms with van der Waals surface area (Å²) in [5.74, 6) is 1.68. The first-order chi connectivity index (χ1) is 9.19. The number of halogens is 1. The van der Waals surface area contributed by atoms with Crippen molar-refractivity contribution in [2.75, 3.05) is 12.3 Å². The zero-order valence-electron chi connectivity index (χ0n) is 10.6. The van der Waals surface area contributed by atoms with Gasteiger partial charge in [0, 0.05) is 27.7 Å². The molecule has 0 bridgehead atoms. The second-order valence-corrected chi connectivity index (χ2v) is 5.81. The van der Waals surface area contributed by atoms with Crippen LogP contribution in [0.25, 0.3) is 0 Å². The van der Waals surface area contributed by atoms with Crippen LogP contribution >= 0.6 is 27.7 Å². The van der Waals surface area contributed by atoms with Crippen LogP contribution in [0.1, 0.15) is 12.5 Å². The third kappa shape index (κ3) is 4.14. The molecule has 2 rings (SSSR count). The van der Waals surface area contributed by atoms with Crippen LogP contribution in [0.4, 0.5) is 5.69 Å². The largest absolute Gasteiger partial charge is 0.494 e. The van der Waals surface area contributed by atoms with E-state index in [1.807, 2.05) is 37.3 Å². The van der Waals surface area contributed by atoms with E-state index >= 15 is 0 Å². The third-order valence-electron chi connectivity index (χ3n) is 2.46. The quantitative estimate of drug-likeness (QED) is 0.658. The van der Waals surface area contributed by atoms with Gasteiger partial charge in [-0.1, -0.05) is 0 Å². The number of ether oxygens (including phenoxy) is 1. The van der Waals surface area contributed by atoms with Crippen LogP contribution in [0.3, 0.4) is 0 Å². The summed E-state index contributed by atoms with van der Waals surface area (Å²) >= 11 is 5.04. The van der Waals surface area contributed by atoms with Crippen LogP contribution in [0.2, 0.25) is 0 Å². The fourth-order valence-corrected chi connectivity index (χ4v) is 2.66. The van der Waals surface area contributed by atoms with E-state index in [9.17, 15) is 0 Å². The van der Waals surface area contributed by atoms with Gasteiger partial charge in [0.25, 0.3) is 0 Å². The Labute approximate surface area is 125 Å². The van der Waals surface area contributed by atoms with E-state index in [2.05, 4.69) is 20.9 Å². The third-order valence-corrected chi connectivity index (χ3v) is 3.92. The van der Waals surface area contributed by atoms with E-state index in [0.29, 0.717) is 6.61 Å². The Kier molecular flexibility index (Phi) is 5.10. The SMILES string of the molecule is CCOc1ccc(N)cc1CSc1ccc(Br)cn1. The molecule has 0 aliphatic carbocycles. The Balaban J connectivity index is 2.09. The highest BCUT2D eigenvalue weighted by molar-refractivity contribution is 9.10. The maximum Gasteiger partial charge on any atom is 0.123 e. The average molecular weight is 339 g/mol. The number of benzene rings is 1. The molecule has 5 heteroatoms. The topological polar surface area (TPSA) is 48.1 Å². The minimum Gasteiger partial charge on any atom is -0.494 e.